The molecular weight excluding hydrogens is 1080 g/mol. The highest BCUT2D eigenvalue weighted by Gasteiger charge is 2.58. The van der Waals surface area contributed by atoms with Crippen LogP contribution in [0.3, 0.4) is 0 Å². The summed E-state index contributed by atoms with van der Waals surface area (Å²) < 4.78 is 47.6. The molecule has 0 radical (unpaired) electrons. The smallest absolute Gasteiger partial charge is 0.304 e. The first-order valence-corrected chi connectivity index (χ1v) is 31.6. The Morgan fingerprint density at radius 2 is 1.23 bits per heavy atom. The number of carboxylic acid groups (broad SMARTS) is 2. The topological polar surface area (TPSA) is 105 Å². The summed E-state index contributed by atoms with van der Waals surface area (Å²) in [6, 6.07) is 22.5. The molecule has 5 fully saturated rings. The van der Waals surface area contributed by atoms with Crippen molar-refractivity contribution >= 4 is 62.7 Å². The fourth-order valence-corrected chi connectivity index (χ4v) is 17.1. The van der Waals surface area contributed by atoms with Crippen LogP contribution in [0.5, 0.6) is 0 Å². The fraction of sp³-hybridized carbons (Fsp3) is 0.551. The Labute approximate surface area is 492 Å². The number of aliphatic carboxylic acids is 2. The van der Waals surface area contributed by atoms with Gasteiger partial charge < -0.3 is 19.3 Å². The summed E-state index contributed by atoms with van der Waals surface area (Å²) in [5.41, 5.74) is 9.34. The zero-order valence-electron chi connectivity index (χ0n) is 48.4. The number of alkyl halides is 1. The summed E-state index contributed by atoms with van der Waals surface area (Å²) in [7, 11) is 0. The van der Waals surface area contributed by atoms with Gasteiger partial charge in [0.15, 0.2) is 5.78 Å². The molecule has 0 bridgehead atoms. The number of ketones is 1. The van der Waals surface area contributed by atoms with E-state index in [2.05, 4.69) is 37.2 Å². The van der Waals surface area contributed by atoms with Crippen molar-refractivity contribution in [1.29, 1.82) is 0 Å². The molecule has 4 heterocycles. The Morgan fingerprint density at radius 1 is 0.695 bits per heavy atom. The number of nitrogens with zero attached hydrogens (tertiary/aromatic N) is 3. The van der Waals surface area contributed by atoms with E-state index in [1.165, 1.54) is 70.5 Å². The molecule has 2 saturated heterocycles. The Bertz CT molecular complexity index is 3320. The van der Waals surface area contributed by atoms with E-state index in [0.717, 1.165) is 124 Å². The molecular formula is C69H82Cl2F3N3O5. The molecule has 7 unspecified atom stereocenters. The molecule has 13 heteroatoms. The average molecular weight is 1160 g/mol. The van der Waals surface area contributed by atoms with Gasteiger partial charge in [0, 0.05) is 74.8 Å². The molecule has 9 atom stereocenters. The number of carboxylic acids is 2. The molecule has 2 aromatic heterocycles. The summed E-state index contributed by atoms with van der Waals surface area (Å²) in [5, 5.41) is 21.7. The van der Waals surface area contributed by atoms with Crippen molar-refractivity contribution < 1.29 is 37.8 Å². The minimum absolute atomic E-state index is 0.0157. The highest BCUT2D eigenvalue weighted by molar-refractivity contribution is 6.30. The van der Waals surface area contributed by atoms with E-state index in [4.69, 9.17) is 23.2 Å². The molecule has 82 heavy (non-hydrogen) atoms. The summed E-state index contributed by atoms with van der Waals surface area (Å²) in [4.78, 5) is 37.9. The largest absolute Gasteiger partial charge is 0.481 e. The predicted molar refractivity (Wildman–Crippen MR) is 321 cm³/mol. The lowest BCUT2D eigenvalue weighted by Gasteiger charge is -2.43. The van der Waals surface area contributed by atoms with E-state index < -0.39 is 23.9 Å². The van der Waals surface area contributed by atoms with E-state index in [1.54, 1.807) is 24.3 Å². The third-order valence-electron chi connectivity index (χ3n) is 20.6. The number of carbonyl (C=O) groups excluding carboxylic acids is 1. The number of fused-ring (bicyclic) bond motifs is 9. The van der Waals surface area contributed by atoms with Crippen molar-refractivity contribution in [2.75, 3.05) is 6.54 Å². The molecule has 2 N–H and O–H groups in total. The molecule has 13 rings (SSSR count). The standard InChI is InChI=1S/C24H42FN.C23H21ClFNO2.C22H19ClFNO3/c1-5-18-10-11-26-22-14-19(25)13-20(15(2)3)23(22)21(24(18)26)12-17-8-6-16(4)7-9-17;24-16-6-1-13(2-7-16)12-26-22-15(9-21(27)28)5-8-18(22)20-11-17(25)10-19(23(20)26)14-3-4-14;1-12(26)18-9-16(24)10-19-17-7-4-14(8-20(27)28)21(17)25(22(18)19)11-13-2-5-15(23)6-3-13/h15-24H,5-14H2,1-4H3;1-2,6-7,10-11,14-15H,3-5,8-9,12H2,(H,27,28);2-3,5-6,9-10,14H,4,7-8,11H2,1H3,(H,27,28)/t;15-;14-/m.11/s1. The monoisotopic (exact) mass is 1160 g/mol. The Balaban J connectivity index is 0.000000129. The molecule has 0 amide bonds. The molecule has 6 aromatic rings. The summed E-state index contributed by atoms with van der Waals surface area (Å²) in [6.45, 7) is 13.3. The first-order valence-electron chi connectivity index (χ1n) is 30.9. The fourth-order valence-electron chi connectivity index (χ4n) is 16.9. The van der Waals surface area contributed by atoms with Crippen LogP contribution in [0.2, 0.25) is 10.0 Å². The van der Waals surface area contributed by atoms with Crippen LogP contribution in [0.15, 0.2) is 72.8 Å². The van der Waals surface area contributed by atoms with Crippen LogP contribution in [-0.2, 0) is 35.5 Å². The predicted octanol–water partition coefficient (Wildman–Crippen LogP) is 17.4. The molecule has 2 aliphatic heterocycles. The number of hydrogen-bond donors (Lipinski definition) is 2. The van der Waals surface area contributed by atoms with Gasteiger partial charge in [-0.05, 0) is 201 Å². The molecule has 0 spiro atoms. The van der Waals surface area contributed by atoms with Gasteiger partial charge in [0.25, 0.3) is 0 Å². The molecule has 438 valence electrons. The van der Waals surface area contributed by atoms with Gasteiger partial charge in [-0.1, -0.05) is 107 Å². The van der Waals surface area contributed by atoms with Gasteiger partial charge >= 0.3 is 11.9 Å². The molecule has 8 nitrogen and oxygen atoms in total. The van der Waals surface area contributed by atoms with E-state index in [0.29, 0.717) is 76.2 Å². The lowest BCUT2D eigenvalue weighted by molar-refractivity contribution is -0.138. The van der Waals surface area contributed by atoms with Gasteiger partial charge in [-0.15, -0.1) is 0 Å². The number of carbonyl (C=O) groups is 3. The summed E-state index contributed by atoms with van der Waals surface area (Å²) in [6.07, 6.45) is 16.4. The first kappa shape index (κ1) is 58.7. The van der Waals surface area contributed by atoms with Crippen LogP contribution >= 0.6 is 23.2 Å². The van der Waals surface area contributed by atoms with Crippen molar-refractivity contribution in [3.63, 3.8) is 0 Å². The third kappa shape index (κ3) is 12.0. The van der Waals surface area contributed by atoms with Crippen LogP contribution < -0.4 is 0 Å². The van der Waals surface area contributed by atoms with Crippen molar-refractivity contribution in [2.24, 2.45) is 41.4 Å². The molecule has 4 aromatic carbocycles. The normalized spacial score (nSPS) is 27.4. The quantitative estimate of drug-likeness (QED) is 0.105. The third-order valence-corrected chi connectivity index (χ3v) is 21.1. The highest BCUT2D eigenvalue weighted by Crippen LogP contribution is 2.57. The van der Waals surface area contributed by atoms with Gasteiger partial charge in [0.05, 0.1) is 23.9 Å². The van der Waals surface area contributed by atoms with Crippen molar-refractivity contribution in [1.82, 2.24) is 14.0 Å². The van der Waals surface area contributed by atoms with E-state index in [-0.39, 0.29) is 36.3 Å². The zero-order valence-corrected chi connectivity index (χ0v) is 49.9. The van der Waals surface area contributed by atoms with Crippen LogP contribution in [0, 0.1) is 53.1 Å². The second kappa shape index (κ2) is 24.5. The molecule has 5 aliphatic carbocycles. The van der Waals surface area contributed by atoms with E-state index >= 15 is 0 Å². The highest BCUT2D eigenvalue weighted by atomic mass is 35.5. The Kier molecular flexibility index (Phi) is 17.5. The van der Waals surface area contributed by atoms with Crippen molar-refractivity contribution in [3.05, 3.63) is 139 Å². The maximum atomic E-state index is 14.7. The lowest BCUT2D eigenvalue weighted by Crippen LogP contribution is -2.44. The zero-order chi connectivity index (χ0) is 57.8. The van der Waals surface area contributed by atoms with Gasteiger partial charge in [0.2, 0.25) is 0 Å². The average Bonchev–Trinajstić information content (AvgIpc) is 2.71. The minimum atomic E-state index is -0.862. The van der Waals surface area contributed by atoms with Gasteiger partial charge in [-0.2, -0.15) is 0 Å². The number of Topliss-reactive ketones (excluding diaryl/α,β-unsaturated/α-hetero) is 1. The van der Waals surface area contributed by atoms with Gasteiger partial charge in [-0.25, -0.2) is 13.2 Å². The summed E-state index contributed by atoms with van der Waals surface area (Å²) >= 11 is 12.0. The maximum absolute atomic E-state index is 14.7. The Morgan fingerprint density at radius 3 is 1.74 bits per heavy atom. The number of benzene rings is 4. The number of aromatic nitrogens is 2. The maximum Gasteiger partial charge on any atom is 0.304 e. The number of hydrogen-bond acceptors (Lipinski definition) is 4. The lowest BCUT2D eigenvalue weighted by atomic mass is 9.63. The van der Waals surface area contributed by atoms with Gasteiger partial charge in [-0.3, -0.25) is 19.3 Å². The number of halogens is 5. The van der Waals surface area contributed by atoms with Crippen LogP contribution in [-0.4, -0.2) is 66.8 Å². The SMILES string of the molecule is CC(=O)c1cc(F)cc2c3c(n(Cc4ccc(Cl)cc4)c12)[C@@H](CC(=O)O)CC3.CCC1CCN2C3CC(F)CC(C(C)C)C3C(CC3CCC(C)CC3)C12.O=C(O)C[C@H]1CCc2c1n(Cc1ccc(Cl)cc1)c1c(C3CC3)cc(F)cc21. The number of aryl methyl sites for hydroxylation is 2. The van der Waals surface area contributed by atoms with Crippen LogP contribution in [0.1, 0.15) is 198 Å². The Hall–Kier alpha value is -5.10. The molecule has 7 aliphatic rings. The second-order valence-electron chi connectivity index (χ2n) is 26.2. The van der Waals surface area contributed by atoms with Gasteiger partial charge in [0.1, 0.15) is 17.8 Å². The minimum Gasteiger partial charge on any atom is -0.481 e. The first-order chi connectivity index (χ1) is 39.3. The van der Waals surface area contributed by atoms with E-state index in [9.17, 15) is 37.8 Å². The van der Waals surface area contributed by atoms with Crippen molar-refractivity contribution in [3.8, 4) is 0 Å². The van der Waals surface area contributed by atoms with Crippen molar-refractivity contribution in [2.45, 2.75) is 193 Å². The number of rotatable bonds is 14. The molecule has 3 saturated carbocycles. The van der Waals surface area contributed by atoms with Crippen LogP contribution in [0.25, 0.3) is 21.8 Å². The van der Waals surface area contributed by atoms with E-state index in [1.807, 2.05) is 41.0 Å². The summed E-state index contributed by atoms with van der Waals surface area (Å²) in [5.74, 6) is 3.37. The second-order valence-corrected chi connectivity index (χ2v) is 27.1. The van der Waals surface area contributed by atoms with Crippen LogP contribution in [0.4, 0.5) is 13.2 Å².